The lowest BCUT2D eigenvalue weighted by Gasteiger charge is -2.26. The second-order valence-electron chi connectivity index (χ2n) is 8.92. The van der Waals surface area contributed by atoms with Crippen LogP contribution in [-0.2, 0) is 24.0 Å². The molecule has 202 valence electrons. The number of hydrogen-bond donors (Lipinski definition) is 8. The van der Waals surface area contributed by atoms with E-state index in [1.54, 1.807) is 0 Å². The second-order valence-corrected chi connectivity index (χ2v) is 8.92. The van der Waals surface area contributed by atoms with Gasteiger partial charge in [-0.15, -0.1) is 0 Å². The Morgan fingerprint density at radius 3 is 1.63 bits per heavy atom. The molecule has 0 saturated carbocycles. The van der Waals surface area contributed by atoms with Gasteiger partial charge in [0.15, 0.2) is 0 Å². The first-order chi connectivity index (χ1) is 16.4. The smallest absolute Gasteiger partial charge is 0.326 e. The maximum Gasteiger partial charge on any atom is 0.326 e. The minimum absolute atomic E-state index is 0.0131. The molecule has 0 spiro atoms. The lowest BCUT2D eigenvalue weighted by atomic mass is 10.0. The number of nitrogens with two attached hydrogens (primary N) is 3. The van der Waals surface area contributed by atoms with Crippen LogP contribution in [0.3, 0.4) is 0 Å². The molecule has 0 aromatic rings. The van der Waals surface area contributed by atoms with Crippen LogP contribution >= 0.6 is 0 Å². The summed E-state index contributed by atoms with van der Waals surface area (Å²) in [5.41, 5.74) is 16.5. The fourth-order valence-electron chi connectivity index (χ4n) is 3.32. The first kappa shape index (κ1) is 32.2. The molecule has 11 N–H and O–H groups in total. The van der Waals surface area contributed by atoms with E-state index in [9.17, 15) is 29.1 Å². The molecule has 4 atom stereocenters. The largest absolute Gasteiger partial charge is 0.481 e. The predicted octanol–water partition coefficient (Wildman–Crippen LogP) is -1.37. The van der Waals surface area contributed by atoms with Gasteiger partial charge in [0.2, 0.25) is 17.7 Å². The van der Waals surface area contributed by atoms with Crippen LogP contribution in [0.2, 0.25) is 0 Å². The Morgan fingerprint density at radius 1 is 0.714 bits per heavy atom. The van der Waals surface area contributed by atoms with E-state index in [-0.39, 0.29) is 25.2 Å². The van der Waals surface area contributed by atoms with Crippen LogP contribution in [0.25, 0.3) is 0 Å². The molecular formula is C22H42N6O7. The zero-order valence-corrected chi connectivity index (χ0v) is 20.6. The van der Waals surface area contributed by atoms with Crippen LogP contribution < -0.4 is 33.2 Å². The fraction of sp³-hybridized carbons (Fsp3) is 0.773. The van der Waals surface area contributed by atoms with Crippen molar-refractivity contribution < 1.29 is 34.2 Å². The number of unbranched alkanes of at least 4 members (excludes halogenated alkanes) is 2. The molecule has 0 fully saturated rings. The molecule has 0 aromatic carbocycles. The minimum Gasteiger partial charge on any atom is -0.481 e. The first-order valence-electron chi connectivity index (χ1n) is 11.9. The van der Waals surface area contributed by atoms with Crippen molar-refractivity contribution in [2.45, 2.75) is 89.4 Å². The van der Waals surface area contributed by atoms with Crippen molar-refractivity contribution in [3.05, 3.63) is 0 Å². The summed E-state index contributed by atoms with van der Waals surface area (Å²) in [5.74, 6) is -4.58. The van der Waals surface area contributed by atoms with Gasteiger partial charge in [0, 0.05) is 0 Å². The van der Waals surface area contributed by atoms with Crippen molar-refractivity contribution in [3.63, 3.8) is 0 Å². The molecule has 0 heterocycles. The Balaban J connectivity index is 5.47. The van der Waals surface area contributed by atoms with Gasteiger partial charge in [-0.2, -0.15) is 0 Å². The molecule has 13 heteroatoms. The molecule has 13 nitrogen and oxygen atoms in total. The highest BCUT2D eigenvalue weighted by Crippen LogP contribution is 2.09. The van der Waals surface area contributed by atoms with E-state index in [1.165, 1.54) is 0 Å². The molecule has 0 aliphatic carbocycles. The first-order valence-corrected chi connectivity index (χ1v) is 11.9. The van der Waals surface area contributed by atoms with Crippen molar-refractivity contribution >= 4 is 29.7 Å². The lowest BCUT2D eigenvalue weighted by molar-refractivity contribution is -0.142. The third-order valence-electron chi connectivity index (χ3n) is 5.21. The van der Waals surface area contributed by atoms with Crippen LogP contribution in [0, 0.1) is 5.92 Å². The maximum absolute atomic E-state index is 13.0. The molecule has 0 radical (unpaired) electrons. The Morgan fingerprint density at radius 2 is 1.17 bits per heavy atom. The number of carboxylic acid groups (broad SMARTS) is 2. The van der Waals surface area contributed by atoms with Crippen molar-refractivity contribution in [1.82, 2.24) is 16.0 Å². The van der Waals surface area contributed by atoms with Crippen molar-refractivity contribution in [2.24, 2.45) is 23.1 Å². The van der Waals surface area contributed by atoms with Crippen molar-refractivity contribution in [1.29, 1.82) is 0 Å². The van der Waals surface area contributed by atoms with Gasteiger partial charge >= 0.3 is 11.9 Å². The summed E-state index contributed by atoms with van der Waals surface area (Å²) >= 11 is 0. The van der Waals surface area contributed by atoms with Crippen LogP contribution in [0.15, 0.2) is 0 Å². The summed E-state index contributed by atoms with van der Waals surface area (Å²) < 4.78 is 0. The van der Waals surface area contributed by atoms with Crippen LogP contribution in [0.4, 0.5) is 0 Å². The Bertz CT molecular complexity index is 704. The average molecular weight is 503 g/mol. The Hall–Kier alpha value is -2.77. The molecule has 3 amide bonds. The normalized spacial score (nSPS) is 14.5. The quantitative estimate of drug-likeness (QED) is 0.0963. The van der Waals surface area contributed by atoms with E-state index in [1.807, 2.05) is 13.8 Å². The summed E-state index contributed by atoms with van der Waals surface area (Å²) in [4.78, 5) is 60.6. The molecule has 0 bridgehead atoms. The highest BCUT2D eigenvalue weighted by atomic mass is 16.4. The molecule has 0 aliphatic heterocycles. The van der Waals surface area contributed by atoms with Crippen molar-refractivity contribution in [2.75, 3.05) is 13.1 Å². The van der Waals surface area contributed by atoms with Gasteiger partial charge in [-0.1, -0.05) is 13.8 Å². The number of amides is 3. The molecule has 0 aromatic heterocycles. The third kappa shape index (κ3) is 14.3. The summed E-state index contributed by atoms with van der Waals surface area (Å²) in [6.07, 6.45) is 2.21. The van der Waals surface area contributed by atoms with E-state index in [2.05, 4.69) is 16.0 Å². The fourth-order valence-corrected chi connectivity index (χ4v) is 3.32. The second kappa shape index (κ2) is 17.6. The third-order valence-corrected chi connectivity index (χ3v) is 5.21. The number of rotatable bonds is 19. The highest BCUT2D eigenvalue weighted by Gasteiger charge is 2.30. The van der Waals surface area contributed by atoms with E-state index < -0.39 is 60.2 Å². The maximum atomic E-state index is 13.0. The number of nitrogens with one attached hydrogen (secondary N) is 3. The number of hydrogen-bond acceptors (Lipinski definition) is 8. The zero-order chi connectivity index (χ0) is 27.0. The zero-order valence-electron chi connectivity index (χ0n) is 20.6. The summed E-state index contributed by atoms with van der Waals surface area (Å²) in [6.45, 7) is 4.46. The van der Waals surface area contributed by atoms with E-state index >= 15 is 0 Å². The topological polar surface area (TPSA) is 240 Å². The molecular weight excluding hydrogens is 460 g/mol. The number of aliphatic carboxylic acids is 2. The van der Waals surface area contributed by atoms with Crippen LogP contribution in [-0.4, -0.2) is 77.1 Å². The number of carboxylic acids is 2. The van der Waals surface area contributed by atoms with Gasteiger partial charge in [0.1, 0.15) is 18.1 Å². The standard InChI is InChI=1S/C22H42N6O7/c1-13(2)11-17(21(33)27-16(22(34)35)8-4-6-10-24)28-20(32)15(7-3-5-9-23)26-19(31)14(25)12-18(29)30/h13-17H,3-12,23-25H2,1-2H3,(H,26,31)(H,27,33)(H,28,32)(H,29,30)(H,34,35). The van der Waals surface area contributed by atoms with Gasteiger partial charge in [0.05, 0.1) is 12.5 Å². The summed E-state index contributed by atoms with van der Waals surface area (Å²) in [7, 11) is 0. The van der Waals surface area contributed by atoms with E-state index in [0.717, 1.165) is 0 Å². The van der Waals surface area contributed by atoms with Crippen molar-refractivity contribution in [3.8, 4) is 0 Å². The van der Waals surface area contributed by atoms with Crippen LogP contribution in [0.1, 0.15) is 65.2 Å². The van der Waals surface area contributed by atoms with Crippen LogP contribution in [0.5, 0.6) is 0 Å². The Labute approximate surface area is 205 Å². The van der Waals surface area contributed by atoms with Gasteiger partial charge in [-0.3, -0.25) is 19.2 Å². The SMILES string of the molecule is CC(C)CC(NC(=O)C(CCCCN)NC(=O)C(N)CC(=O)O)C(=O)NC(CCCCN)C(=O)O. The number of carbonyl (C=O) groups is 5. The van der Waals surface area contributed by atoms with Gasteiger partial charge in [0.25, 0.3) is 0 Å². The highest BCUT2D eigenvalue weighted by molar-refractivity contribution is 5.94. The Kier molecular flexibility index (Phi) is 16.2. The monoisotopic (exact) mass is 502 g/mol. The molecule has 4 unspecified atom stereocenters. The van der Waals surface area contributed by atoms with Gasteiger partial charge < -0.3 is 43.4 Å². The minimum atomic E-state index is -1.35. The lowest BCUT2D eigenvalue weighted by Crippen LogP contribution is -2.57. The average Bonchev–Trinajstić information content (AvgIpc) is 2.76. The van der Waals surface area contributed by atoms with Gasteiger partial charge in [-0.25, -0.2) is 4.79 Å². The predicted molar refractivity (Wildman–Crippen MR) is 129 cm³/mol. The molecule has 0 aliphatic rings. The van der Waals surface area contributed by atoms with E-state index in [0.29, 0.717) is 38.8 Å². The summed E-state index contributed by atoms with van der Waals surface area (Å²) in [6, 6.07) is -4.59. The molecule has 35 heavy (non-hydrogen) atoms. The van der Waals surface area contributed by atoms with Gasteiger partial charge in [-0.05, 0) is 64.0 Å². The molecule has 0 rings (SSSR count). The summed E-state index contributed by atoms with van der Waals surface area (Å²) in [5, 5.41) is 25.8. The number of carbonyl (C=O) groups excluding carboxylic acids is 3. The van der Waals surface area contributed by atoms with E-state index in [4.69, 9.17) is 22.3 Å². The molecule has 0 saturated heterocycles.